The summed E-state index contributed by atoms with van der Waals surface area (Å²) >= 11 is 0. The van der Waals surface area contributed by atoms with Gasteiger partial charge in [-0.2, -0.15) is 0 Å². The molecule has 0 spiro atoms. The van der Waals surface area contributed by atoms with Gasteiger partial charge in [0.25, 0.3) is 5.91 Å². The number of carbonyl (C=O) groups excluding carboxylic acids is 1. The molecule has 1 aliphatic heterocycles. The highest BCUT2D eigenvalue weighted by molar-refractivity contribution is 6.01. The zero-order chi connectivity index (χ0) is 29.2. The number of aliphatic imine (C=N–C) groups is 1. The molecule has 5 rings (SSSR count). The molecule has 1 heterocycles. The van der Waals surface area contributed by atoms with Crippen molar-refractivity contribution in [2.45, 2.75) is 49.9 Å². The second-order valence-electron chi connectivity index (χ2n) is 10.3. The molecule has 42 heavy (non-hydrogen) atoms. The summed E-state index contributed by atoms with van der Waals surface area (Å²) in [6.07, 6.45) is 5.92. The number of ether oxygens (including phenoxy) is 2. The van der Waals surface area contributed by atoms with Crippen molar-refractivity contribution in [2.75, 3.05) is 13.2 Å². The van der Waals surface area contributed by atoms with Gasteiger partial charge in [-0.25, -0.2) is 10.4 Å². The molecule has 1 amide bonds. The molecular weight excluding hydrogens is 532 g/mol. The van der Waals surface area contributed by atoms with E-state index in [0.29, 0.717) is 30.2 Å². The van der Waals surface area contributed by atoms with Gasteiger partial charge in [0.2, 0.25) is 5.90 Å². The molecule has 0 radical (unpaired) electrons. The molecule has 2 atom stereocenters. The van der Waals surface area contributed by atoms with E-state index >= 15 is 0 Å². The van der Waals surface area contributed by atoms with E-state index in [0.717, 1.165) is 29.5 Å². The Balaban J connectivity index is 1.54. The molecule has 1 saturated carbocycles. The molecule has 3 N–H and O–H groups in total. The van der Waals surface area contributed by atoms with Gasteiger partial charge in [-0.05, 0) is 59.3 Å². The summed E-state index contributed by atoms with van der Waals surface area (Å²) in [6, 6.07) is 24.9. The lowest BCUT2D eigenvalue weighted by Gasteiger charge is -2.31. The van der Waals surface area contributed by atoms with Crippen LogP contribution < -0.4 is 15.6 Å². The molecule has 10 nitrogen and oxygen atoms in total. The summed E-state index contributed by atoms with van der Waals surface area (Å²) in [7, 11) is 0. The second-order valence-corrected chi connectivity index (χ2v) is 10.3. The molecule has 1 aliphatic carbocycles. The van der Waals surface area contributed by atoms with Crippen molar-refractivity contribution >= 4 is 17.9 Å². The summed E-state index contributed by atoms with van der Waals surface area (Å²) in [4.78, 5) is 22.1. The number of hydrogen-bond acceptors (Lipinski definition) is 7. The van der Waals surface area contributed by atoms with Crippen LogP contribution in [-0.4, -0.2) is 41.7 Å². The third-order valence-corrected chi connectivity index (χ3v) is 7.18. The normalized spacial score (nSPS) is 19.5. The van der Waals surface area contributed by atoms with E-state index in [1.54, 1.807) is 0 Å². The zero-order valence-electron chi connectivity index (χ0n) is 23.2. The van der Waals surface area contributed by atoms with Crippen LogP contribution in [0, 0.1) is 0 Å². The predicted octanol–water partition coefficient (Wildman–Crippen LogP) is 5.40. The zero-order valence-corrected chi connectivity index (χ0v) is 23.2. The Kier molecular flexibility index (Phi) is 9.51. The standard InChI is InChI=1S/C32H34N6O4/c33-38-34-22-25-11-4-5-12-28(25)29-32(31(40)37-36-26-15-16-26,19-6-10-23-8-2-1-3-9-23)35-30(42-29)24-13-17-27(18-14-24)41-21-7-20-39/h1-6,8-14,17-18,26,29,36,39H,7,15-16,19-22H2,(H,37,40)/b10-6+/t29-,32-/m0/s1. The van der Waals surface area contributed by atoms with Crippen LogP contribution in [0.4, 0.5) is 0 Å². The highest BCUT2D eigenvalue weighted by atomic mass is 16.5. The number of hydrogen-bond donors (Lipinski definition) is 3. The van der Waals surface area contributed by atoms with Gasteiger partial charge in [0.15, 0.2) is 11.6 Å². The Hall–Kier alpha value is -4.63. The predicted molar refractivity (Wildman–Crippen MR) is 160 cm³/mol. The Morgan fingerprint density at radius 2 is 1.88 bits per heavy atom. The highest BCUT2D eigenvalue weighted by Crippen LogP contribution is 2.44. The van der Waals surface area contributed by atoms with E-state index in [1.807, 2.05) is 91.0 Å². The molecule has 0 bridgehead atoms. The average molecular weight is 567 g/mol. The van der Waals surface area contributed by atoms with Gasteiger partial charge in [-0.1, -0.05) is 71.9 Å². The molecule has 0 saturated heterocycles. The summed E-state index contributed by atoms with van der Waals surface area (Å²) in [5, 5.41) is 12.8. The highest BCUT2D eigenvalue weighted by Gasteiger charge is 2.53. The minimum absolute atomic E-state index is 0.0593. The number of hydrazine groups is 1. The number of aliphatic hydroxyl groups is 1. The van der Waals surface area contributed by atoms with E-state index in [-0.39, 0.29) is 31.5 Å². The Bertz CT molecular complexity index is 1470. The molecule has 3 aromatic rings. The van der Waals surface area contributed by atoms with Crippen molar-refractivity contribution in [3.8, 4) is 5.75 Å². The van der Waals surface area contributed by atoms with Gasteiger partial charge in [-0.15, -0.1) is 0 Å². The van der Waals surface area contributed by atoms with Crippen molar-refractivity contribution in [1.82, 2.24) is 10.9 Å². The van der Waals surface area contributed by atoms with Crippen LogP contribution in [0.1, 0.15) is 54.0 Å². The lowest BCUT2D eigenvalue weighted by atomic mass is 9.82. The Labute approximate surface area is 244 Å². The Morgan fingerprint density at radius 1 is 1.12 bits per heavy atom. The molecular formula is C32H34N6O4. The fourth-order valence-electron chi connectivity index (χ4n) is 4.78. The fourth-order valence-corrected chi connectivity index (χ4v) is 4.78. The van der Waals surface area contributed by atoms with Crippen molar-refractivity contribution in [2.24, 2.45) is 10.1 Å². The first kappa shape index (κ1) is 28.9. The first-order valence-corrected chi connectivity index (χ1v) is 14.1. The first-order valence-electron chi connectivity index (χ1n) is 14.1. The van der Waals surface area contributed by atoms with Crippen molar-refractivity contribution in [3.05, 3.63) is 118 Å². The van der Waals surface area contributed by atoms with Crippen LogP contribution in [0.2, 0.25) is 0 Å². The van der Waals surface area contributed by atoms with Crippen molar-refractivity contribution < 1.29 is 19.4 Å². The van der Waals surface area contributed by atoms with Gasteiger partial charge in [0, 0.05) is 36.0 Å². The van der Waals surface area contributed by atoms with Crippen molar-refractivity contribution in [3.63, 3.8) is 0 Å². The largest absolute Gasteiger partial charge is 0.494 e. The number of carbonyl (C=O) groups is 1. The van der Waals surface area contributed by atoms with E-state index in [9.17, 15) is 4.79 Å². The van der Waals surface area contributed by atoms with Gasteiger partial charge < -0.3 is 14.6 Å². The number of rotatable bonds is 14. The van der Waals surface area contributed by atoms with Gasteiger partial charge in [-0.3, -0.25) is 10.2 Å². The van der Waals surface area contributed by atoms with Crippen molar-refractivity contribution in [1.29, 1.82) is 0 Å². The van der Waals surface area contributed by atoms with E-state index in [1.165, 1.54) is 0 Å². The maximum atomic E-state index is 14.1. The maximum Gasteiger partial charge on any atom is 0.266 e. The van der Waals surface area contributed by atoms with Gasteiger partial charge in [0.1, 0.15) is 5.75 Å². The monoisotopic (exact) mass is 566 g/mol. The number of nitrogens with one attached hydrogen (secondary N) is 2. The quantitative estimate of drug-likeness (QED) is 0.0788. The third-order valence-electron chi connectivity index (χ3n) is 7.18. The Morgan fingerprint density at radius 3 is 2.62 bits per heavy atom. The summed E-state index contributed by atoms with van der Waals surface area (Å²) in [5.74, 6) is 0.676. The van der Waals surface area contributed by atoms with Crippen LogP contribution in [0.3, 0.4) is 0 Å². The molecule has 2 aliphatic rings. The number of nitrogens with zero attached hydrogens (tertiary/aromatic N) is 4. The molecule has 0 aromatic heterocycles. The number of amides is 1. The third kappa shape index (κ3) is 6.98. The van der Waals surface area contributed by atoms with Crippen LogP contribution in [0.25, 0.3) is 16.5 Å². The molecule has 0 unspecified atom stereocenters. The molecule has 1 fully saturated rings. The smallest absolute Gasteiger partial charge is 0.266 e. The van der Waals surface area contributed by atoms with E-state index in [2.05, 4.69) is 20.9 Å². The topological polar surface area (TPSA) is 141 Å². The lowest BCUT2D eigenvalue weighted by molar-refractivity contribution is -0.130. The lowest BCUT2D eigenvalue weighted by Crippen LogP contribution is -2.53. The maximum absolute atomic E-state index is 14.1. The van der Waals surface area contributed by atoms with E-state index in [4.69, 9.17) is 25.1 Å². The fraction of sp³-hybridized carbons (Fsp3) is 0.312. The van der Waals surface area contributed by atoms with E-state index < -0.39 is 11.6 Å². The molecule has 3 aromatic carbocycles. The number of aliphatic hydroxyl groups excluding tert-OH is 1. The average Bonchev–Trinajstić information content (AvgIpc) is 3.78. The van der Waals surface area contributed by atoms with Gasteiger partial charge in [0.05, 0.1) is 13.2 Å². The molecule has 216 valence electrons. The SMILES string of the molecule is [N-]=[N+]=NCc1ccccc1[C@@H]1OC(c2ccc(OCCCO)cc2)=N[C@]1(C/C=C/c1ccccc1)C(=O)NNC1CC1. The van der Waals surface area contributed by atoms with Crippen LogP contribution >= 0.6 is 0 Å². The minimum atomic E-state index is -1.36. The summed E-state index contributed by atoms with van der Waals surface area (Å²) in [5.41, 5.74) is 16.9. The molecule has 10 heteroatoms. The van der Waals surface area contributed by atoms with Crippen LogP contribution in [0.5, 0.6) is 5.75 Å². The minimum Gasteiger partial charge on any atom is -0.494 e. The second kappa shape index (κ2) is 13.8. The first-order chi connectivity index (χ1) is 20.6. The van der Waals surface area contributed by atoms with Crippen LogP contribution in [-0.2, 0) is 16.1 Å². The number of azide groups is 1. The van der Waals surface area contributed by atoms with Crippen LogP contribution in [0.15, 0.2) is 95.0 Å². The summed E-state index contributed by atoms with van der Waals surface area (Å²) in [6.45, 7) is 0.575. The van der Waals surface area contributed by atoms with Gasteiger partial charge >= 0.3 is 0 Å². The summed E-state index contributed by atoms with van der Waals surface area (Å²) < 4.78 is 12.3. The number of benzene rings is 3.